The number of hydrogen-bond acceptors (Lipinski definition) is 5. The summed E-state index contributed by atoms with van der Waals surface area (Å²) in [5.41, 5.74) is 0.147. The van der Waals surface area contributed by atoms with Gasteiger partial charge in [-0.05, 0) is 37.5 Å². The summed E-state index contributed by atoms with van der Waals surface area (Å²) >= 11 is 0. The monoisotopic (exact) mass is 376 g/mol. The van der Waals surface area contributed by atoms with Crippen molar-refractivity contribution < 1.29 is 21.6 Å². The summed E-state index contributed by atoms with van der Waals surface area (Å²) in [6, 6.07) is 4.24. The summed E-state index contributed by atoms with van der Waals surface area (Å²) in [7, 11) is -5.75. The Morgan fingerprint density at radius 1 is 1.17 bits per heavy atom. The maximum absolute atomic E-state index is 12.6. The first-order valence-electron chi connectivity index (χ1n) is 7.99. The van der Waals surface area contributed by atoms with Gasteiger partial charge in [0.05, 0.1) is 23.4 Å². The topological polar surface area (TPSA) is 92.8 Å². The highest BCUT2D eigenvalue weighted by Crippen LogP contribution is 2.30. The Labute approximate surface area is 144 Å². The van der Waals surface area contributed by atoms with E-state index in [2.05, 4.69) is 4.72 Å². The van der Waals surface area contributed by atoms with Crippen LogP contribution in [0, 0.1) is 0 Å². The van der Waals surface area contributed by atoms with Crippen LogP contribution < -0.4 is 9.46 Å². The van der Waals surface area contributed by atoms with Crippen molar-refractivity contribution in [3.8, 4) is 5.75 Å². The molecule has 0 amide bonds. The zero-order valence-corrected chi connectivity index (χ0v) is 15.6. The number of sulfonamides is 2. The van der Waals surface area contributed by atoms with Crippen LogP contribution >= 0.6 is 0 Å². The maximum Gasteiger partial charge on any atom is 0.243 e. The van der Waals surface area contributed by atoms with E-state index in [-0.39, 0.29) is 22.1 Å². The Balaban J connectivity index is 2.34. The van der Waals surface area contributed by atoms with Crippen molar-refractivity contribution in [2.24, 2.45) is 0 Å². The molecular formula is C15H24N2O5S2. The van der Waals surface area contributed by atoms with Gasteiger partial charge in [0, 0.05) is 13.1 Å². The van der Waals surface area contributed by atoms with E-state index in [4.69, 9.17) is 4.74 Å². The lowest BCUT2D eigenvalue weighted by molar-refractivity contribution is 0.416. The van der Waals surface area contributed by atoms with E-state index in [0.29, 0.717) is 19.5 Å². The number of rotatable bonds is 8. The quantitative estimate of drug-likeness (QED) is 0.749. The van der Waals surface area contributed by atoms with E-state index in [0.717, 1.165) is 19.3 Å². The van der Waals surface area contributed by atoms with Crippen molar-refractivity contribution in [1.29, 1.82) is 0 Å². The van der Waals surface area contributed by atoms with Crippen LogP contribution in [0.25, 0.3) is 0 Å². The standard InChI is InChI=1S/C15H24N2O5S2/c1-3-4-11-23(18,19)16-14-12-13(7-8-15(14)22-2)24(20,21)17-9-5-6-10-17/h7-8,12,16H,3-6,9-11H2,1-2H3. The lowest BCUT2D eigenvalue weighted by Gasteiger charge is -2.18. The molecular weight excluding hydrogens is 352 g/mol. The zero-order chi connectivity index (χ0) is 17.8. The molecule has 0 aliphatic carbocycles. The van der Waals surface area contributed by atoms with Crippen LogP contribution in [0.1, 0.15) is 32.6 Å². The third-order valence-electron chi connectivity index (χ3n) is 3.91. The molecule has 9 heteroatoms. The molecule has 0 atom stereocenters. The number of benzene rings is 1. The molecule has 1 heterocycles. The fourth-order valence-electron chi connectivity index (χ4n) is 2.56. The van der Waals surface area contributed by atoms with Crippen molar-refractivity contribution in [3.05, 3.63) is 18.2 Å². The third kappa shape index (κ3) is 4.40. The smallest absolute Gasteiger partial charge is 0.243 e. The number of methoxy groups -OCH3 is 1. The van der Waals surface area contributed by atoms with Gasteiger partial charge < -0.3 is 4.74 Å². The third-order valence-corrected chi connectivity index (χ3v) is 7.16. The Morgan fingerprint density at radius 2 is 1.83 bits per heavy atom. The molecule has 1 fully saturated rings. The van der Waals surface area contributed by atoms with Gasteiger partial charge in [-0.3, -0.25) is 4.72 Å². The van der Waals surface area contributed by atoms with E-state index in [1.165, 1.54) is 29.6 Å². The average molecular weight is 377 g/mol. The summed E-state index contributed by atoms with van der Waals surface area (Å²) in [6.07, 6.45) is 2.96. The Morgan fingerprint density at radius 3 is 2.42 bits per heavy atom. The number of unbranched alkanes of at least 4 members (excludes halogenated alkanes) is 1. The molecule has 1 N–H and O–H groups in total. The van der Waals surface area contributed by atoms with Crippen LogP contribution in [0.3, 0.4) is 0 Å². The van der Waals surface area contributed by atoms with E-state index in [9.17, 15) is 16.8 Å². The molecule has 7 nitrogen and oxygen atoms in total. The van der Waals surface area contributed by atoms with E-state index in [1.807, 2.05) is 6.92 Å². The zero-order valence-electron chi connectivity index (χ0n) is 14.0. The SMILES string of the molecule is CCCCS(=O)(=O)Nc1cc(S(=O)(=O)N2CCCC2)ccc1OC. The molecule has 0 bridgehead atoms. The predicted molar refractivity (Wildman–Crippen MR) is 93.3 cm³/mol. The number of anilines is 1. The molecule has 2 rings (SSSR count). The molecule has 0 radical (unpaired) electrons. The minimum absolute atomic E-state index is 0.0181. The molecule has 1 aliphatic rings. The lowest BCUT2D eigenvalue weighted by atomic mass is 10.3. The number of nitrogens with one attached hydrogen (secondary N) is 1. The summed E-state index contributed by atoms with van der Waals surface area (Å²) in [5.74, 6) is 0.269. The van der Waals surface area contributed by atoms with Crippen LogP contribution in [-0.2, 0) is 20.0 Å². The molecule has 0 unspecified atom stereocenters. The van der Waals surface area contributed by atoms with Crippen LogP contribution in [0.5, 0.6) is 5.75 Å². The van der Waals surface area contributed by atoms with Crippen molar-refractivity contribution in [3.63, 3.8) is 0 Å². The van der Waals surface area contributed by atoms with Crippen LogP contribution in [0.15, 0.2) is 23.1 Å². The van der Waals surface area contributed by atoms with Gasteiger partial charge in [-0.15, -0.1) is 0 Å². The van der Waals surface area contributed by atoms with Gasteiger partial charge in [-0.1, -0.05) is 13.3 Å². The highest BCUT2D eigenvalue weighted by Gasteiger charge is 2.28. The van der Waals surface area contributed by atoms with Crippen LogP contribution in [0.4, 0.5) is 5.69 Å². The number of nitrogens with zero attached hydrogens (tertiary/aromatic N) is 1. The lowest BCUT2D eigenvalue weighted by Crippen LogP contribution is -2.28. The van der Waals surface area contributed by atoms with Crippen LogP contribution in [0.2, 0.25) is 0 Å². The highest BCUT2D eigenvalue weighted by atomic mass is 32.2. The molecule has 1 aromatic carbocycles. The molecule has 0 saturated carbocycles. The van der Waals surface area contributed by atoms with Crippen molar-refractivity contribution in [1.82, 2.24) is 4.31 Å². The summed E-state index contributed by atoms with van der Waals surface area (Å²) in [6.45, 7) is 2.89. The molecule has 0 aromatic heterocycles. The van der Waals surface area contributed by atoms with Gasteiger partial charge in [0.15, 0.2) is 0 Å². The van der Waals surface area contributed by atoms with E-state index in [1.54, 1.807) is 0 Å². The van der Waals surface area contributed by atoms with E-state index >= 15 is 0 Å². The minimum Gasteiger partial charge on any atom is -0.495 e. The van der Waals surface area contributed by atoms with Gasteiger partial charge in [-0.25, -0.2) is 16.8 Å². The second-order valence-corrected chi connectivity index (χ2v) is 9.53. The molecule has 0 spiro atoms. The van der Waals surface area contributed by atoms with E-state index < -0.39 is 20.0 Å². The maximum atomic E-state index is 12.6. The Bertz CT molecular complexity index is 769. The van der Waals surface area contributed by atoms with Crippen molar-refractivity contribution in [2.45, 2.75) is 37.5 Å². The Kier molecular flexibility index (Phi) is 6.11. The second-order valence-electron chi connectivity index (χ2n) is 5.75. The highest BCUT2D eigenvalue weighted by molar-refractivity contribution is 7.92. The summed E-state index contributed by atoms with van der Waals surface area (Å²) < 4.78 is 58.5. The number of ether oxygens (including phenoxy) is 1. The van der Waals surface area contributed by atoms with Crippen molar-refractivity contribution >= 4 is 25.7 Å². The fraction of sp³-hybridized carbons (Fsp3) is 0.600. The summed E-state index contributed by atoms with van der Waals surface area (Å²) in [5, 5.41) is 0. The second kappa shape index (κ2) is 7.71. The normalized spacial score (nSPS) is 16.2. The predicted octanol–water partition coefficient (Wildman–Crippen LogP) is 2.02. The van der Waals surface area contributed by atoms with Crippen molar-refractivity contribution in [2.75, 3.05) is 30.7 Å². The molecule has 136 valence electrons. The molecule has 1 aromatic rings. The Hall–Kier alpha value is -1.32. The first-order valence-corrected chi connectivity index (χ1v) is 11.1. The van der Waals surface area contributed by atoms with Gasteiger partial charge >= 0.3 is 0 Å². The van der Waals surface area contributed by atoms with Gasteiger partial charge in [-0.2, -0.15) is 4.31 Å². The van der Waals surface area contributed by atoms with Gasteiger partial charge in [0.1, 0.15) is 5.75 Å². The molecule has 1 saturated heterocycles. The molecule has 1 aliphatic heterocycles. The first-order chi connectivity index (χ1) is 11.3. The largest absolute Gasteiger partial charge is 0.495 e. The van der Waals surface area contributed by atoms with Gasteiger partial charge in [0.2, 0.25) is 20.0 Å². The minimum atomic E-state index is -3.62. The first kappa shape index (κ1) is 19.0. The summed E-state index contributed by atoms with van der Waals surface area (Å²) in [4.78, 5) is 0.0680. The fourth-order valence-corrected chi connectivity index (χ4v) is 5.37. The van der Waals surface area contributed by atoms with Gasteiger partial charge in [0.25, 0.3) is 0 Å². The molecule has 24 heavy (non-hydrogen) atoms. The average Bonchev–Trinajstić information content (AvgIpc) is 3.08. The van der Waals surface area contributed by atoms with Crippen LogP contribution in [-0.4, -0.2) is 47.1 Å². The number of hydrogen-bond donors (Lipinski definition) is 1.